The molecule has 1 aliphatic heterocycles. The number of carboxylic acids is 1. The van der Waals surface area contributed by atoms with Crippen LogP contribution in [0.15, 0.2) is 27.6 Å². The minimum absolute atomic E-state index is 0.247. The fourth-order valence-corrected chi connectivity index (χ4v) is 3.61. The molecule has 7 heteroatoms. The molecule has 0 spiro atoms. The highest BCUT2D eigenvalue weighted by molar-refractivity contribution is 9.10. The van der Waals surface area contributed by atoms with Crippen LogP contribution in [0.4, 0.5) is 0 Å². The second kappa shape index (κ2) is 5.22. The van der Waals surface area contributed by atoms with E-state index in [-0.39, 0.29) is 10.9 Å². The zero-order valence-corrected chi connectivity index (χ0v) is 12.7. The molecule has 5 nitrogen and oxygen atoms in total. The van der Waals surface area contributed by atoms with Gasteiger partial charge in [-0.2, -0.15) is 0 Å². The fraction of sp³-hybridized carbons (Fsp3) is 0.417. The van der Waals surface area contributed by atoms with E-state index in [0.717, 1.165) is 10.7 Å². The van der Waals surface area contributed by atoms with Gasteiger partial charge in [0.1, 0.15) is 0 Å². The van der Waals surface area contributed by atoms with Crippen molar-refractivity contribution in [2.45, 2.75) is 17.4 Å². The standard InChI is InChI=1S/C12H14BrNO4S/c1-19(17,18)11-3-2-8(13)5-9(11)10-4-7(6-14-10)12(15)16/h2-3,5,7,10,14H,4,6H2,1H3,(H,15,16). The molecule has 2 N–H and O–H groups in total. The highest BCUT2D eigenvalue weighted by atomic mass is 79.9. The van der Waals surface area contributed by atoms with E-state index in [9.17, 15) is 13.2 Å². The van der Waals surface area contributed by atoms with Gasteiger partial charge in [0.25, 0.3) is 0 Å². The second-order valence-electron chi connectivity index (χ2n) is 4.69. The number of hydrogen-bond acceptors (Lipinski definition) is 4. The maximum absolute atomic E-state index is 11.8. The molecule has 0 bridgehead atoms. The van der Waals surface area contributed by atoms with Crippen molar-refractivity contribution in [2.75, 3.05) is 12.8 Å². The van der Waals surface area contributed by atoms with Crippen LogP contribution in [0.1, 0.15) is 18.0 Å². The SMILES string of the molecule is CS(=O)(=O)c1ccc(Br)cc1C1CC(C(=O)O)CN1. The third-order valence-electron chi connectivity index (χ3n) is 3.23. The highest BCUT2D eigenvalue weighted by Gasteiger charge is 2.32. The predicted octanol–water partition coefficient (Wildman–Crippen LogP) is 1.59. The summed E-state index contributed by atoms with van der Waals surface area (Å²) in [7, 11) is -3.33. The van der Waals surface area contributed by atoms with Crippen molar-refractivity contribution in [3.05, 3.63) is 28.2 Å². The molecule has 1 saturated heterocycles. The van der Waals surface area contributed by atoms with E-state index >= 15 is 0 Å². The van der Waals surface area contributed by atoms with Crippen LogP contribution in [0, 0.1) is 5.92 Å². The average Bonchev–Trinajstić information content (AvgIpc) is 2.76. The lowest BCUT2D eigenvalue weighted by Gasteiger charge is -2.15. The summed E-state index contributed by atoms with van der Waals surface area (Å²) in [5.74, 6) is -1.33. The Kier molecular flexibility index (Phi) is 3.98. The van der Waals surface area contributed by atoms with E-state index in [1.165, 1.54) is 0 Å². The molecule has 0 saturated carbocycles. The minimum atomic E-state index is -3.33. The molecule has 0 aromatic heterocycles. The van der Waals surface area contributed by atoms with Crippen LogP contribution in [0.25, 0.3) is 0 Å². The van der Waals surface area contributed by atoms with Gasteiger partial charge in [0.15, 0.2) is 9.84 Å². The zero-order chi connectivity index (χ0) is 14.2. The summed E-state index contributed by atoms with van der Waals surface area (Å²) >= 11 is 3.32. The van der Waals surface area contributed by atoms with Crippen LogP contribution in [0.5, 0.6) is 0 Å². The summed E-state index contributed by atoms with van der Waals surface area (Å²) in [5.41, 5.74) is 0.626. The van der Waals surface area contributed by atoms with E-state index in [1.54, 1.807) is 18.2 Å². The molecule has 0 amide bonds. The lowest BCUT2D eigenvalue weighted by Crippen LogP contribution is -2.18. The summed E-state index contributed by atoms with van der Waals surface area (Å²) in [6.45, 7) is 0.357. The molecule has 104 valence electrons. The molecule has 1 aliphatic rings. The highest BCUT2D eigenvalue weighted by Crippen LogP contribution is 2.33. The first-order valence-corrected chi connectivity index (χ1v) is 8.43. The van der Waals surface area contributed by atoms with Crippen LogP contribution in [0.3, 0.4) is 0 Å². The number of rotatable bonds is 3. The van der Waals surface area contributed by atoms with Crippen molar-refractivity contribution in [1.29, 1.82) is 0 Å². The Bertz CT molecular complexity index is 614. The van der Waals surface area contributed by atoms with Crippen LogP contribution >= 0.6 is 15.9 Å². The molecule has 1 aromatic carbocycles. The summed E-state index contributed by atoms with van der Waals surface area (Å²) in [6, 6.07) is 4.70. The normalized spacial score (nSPS) is 23.5. The van der Waals surface area contributed by atoms with Crippen LogP contribution < -0.4 is 5.32 Å². The van der Waals surface area contributed by atoms with Crippen molar-refractivity contribution in [2.24, 2.45) is 5.92 Å². The first kappa shape index (κ1) is 14.5. The van der Waals surface area contributed by atoms with Gasteiger partial charge in [-0.1, -0.05) is 15.9 Å². The van der Waals surface area contributed by atoms with Gasteiger partial charge in [-0.05, 0) is 30.2 Å². The molecule has 0 aliphatic carbocycles. The van der Waals surface area contributed by atoms with Gasteiger partial charge < -0.3 is 10.4 Å². The second-order valence-corrected chi connectivity index (χ2v) is 7.59. The maximum atomic E-state index is 11.8. The first-order valence-electron chi connectivity index (χ1n) is 5.74. The summed E-state index contributed by atoms with van der Waals surface area (Å²) in [5, 5.41) is 12.1. The summed E-state index contributed by atoms with van der Waals surface area (Å²) < 4.78 is 24.3. The predicted molar refractivity (Wildman–Crippen MR) is 73.7 cm³/mol. The Labute approximate surface area is 120 Å². The molecule has 2 rings (SSSR count). The van der Waals surface area contributed by atoms with Gasteiger partial charge in [0, 0.05) is 23.3 Å². The van der Waals surface area contributed by atoms with Crippen molar-refractivity contribution < 1.29 is 18.3 Å². The van der Waals surface area contributed by atoms with Crippen molar-refractivity contribution in [3.8, 4) is 0 Å². The monoisotopic (exact) mass is 347 g/mol. The lowest BCUT2D eigenvalue weighted by molar-refractivity contribution is -0.141. The number of carbonyl (C=O) groups is 1. The van der Waals surface area contributed by atoms with Gasteiger partial charge in [-0.3, -0.25) is 4.79 Å². The topological polar surface area (TPSA) is 83.5 Å². The Morgan fingerprint density at radius 1 is 1.47 bits per heavy atom. The van der Waals surface area contributed by atoms with Crippen LogP contribution in [-0.4, -0.2) is 32.3 Å². The maximum Gasteiger partial charge on any atom is 0.307 e. The number of carboxylic acid groups (broad SMARTS) is 1. The Morgan fingerprint density at radius 2 is 2.16 bits per heavy atom. The Morgan fingerprint density at radius 3 is 2.68 bits per heavy atom. The largest absolute Gasteiger partial charge is 0.481 e. The van der Waals surface area contributed by atoms with E-state index in [4.69, 9.17) is 5.11 Å². The number of nitrogens with one attached hydrogen (secondary N) is 1. The molecule has 2 atom stereocenters. The number of sulfone groups is 1. The van der Waals surface area contributed by atoms with Crippen molar-refractivity contribution in [1.82, 2.24) is 5.32 Å². The summed E-state index contributed by atoms with van der Waals surface area (Å²) in [6.07, 6.45) is 1.55. The van der Waals surface area contributed by atoms with E-state index in [0.29, 0.717) is 18.5 Å². The smallest absolute Gasteiger partial charge is 0.307 e. The Hall–Kier alpha value is -0.920. The molecular weight excluding hydrogens is 334 g/mol. The number of aliphatic carboxylic acids is 1. The number of halogens is 1. The number of benzene rings is 1. The molecular formula is C12H14BrNO4S. The van der Waals surface area contributed by atoms with Gasteiger partial charge in [0.05, 0.1) is 10.8 Å². The van der Waals surface area contributed by atoms with E-state index in [2.05, 4.69) is 21.2 Å². The molecule has 2 unspecified atom stereocenters. The van der Waals surface area contributed by atoms with E-state index in [1.807, 2.05) is 0 Å². The third-order valence-corrected chi connectivity index (χ3v) is 4.89. The number of hydrogen-bond donors (Lipinski definition) is 2. The summed E-state index contributed by atoms with van der Waals surface area (Å²) in [4.78, 5) is 11.2. The molecule has 1 heterocycles. The van der Waals surface area contributed by atoms with E-state index < -0.39 is 21.7 Å². The van der Waals surface area contributed by atoms with Gasteiger partial charge in [-0.25, -0.2) is 8.42 Å². The molecule has 19 heavy (non-hydrogen) atoms. The van der Waals surface area contributed by atoms with Gasteiger partial charge >= 0.3 is 5.97 Å². The van der Waals surface area contributed by atoms with Crippen molar-refractivity contribution in [3.63, 3.8) is 0 Å². The molecule has 1 aromatic rings. The van der Waals surface area contributed by atoms with Crippen LogP contribution in [0.2, 0.25) is 0 Å². The lowest BCUT2D eigenvalue weighted by atomic mass is 10.0. The molecule has 1 fully saturated rings. The fourth-order valence-electron chi connectivity index (χ4n) is 2.29. The zero-order valence-electron chi connectivity index (χ0n) is 10.3. The van der Waals surface area contributed by atoms with Gasteiger partial charge in [0.2, 0.25) is 0 Å². The van der Waals surface area contributed by atoms with Gasteiger partial charge in [-0.15, -0.1) is 0 Å². The van der Waals surface area contributed by atoms with Crippen LogP contribution in [-0.2, 0) is 14.6 Å². The molecule has 0 radical (unpaired) electrons. The minimum Gasteiger partial charge on any atom is -0.481 e. The first-order chi connectivity index (χ1) is 8.79. The third kappa shape index (κ3) is 3.16. The van der Waals surface area contributed by atoms with Crippen molar-refractivity contribution >= 4 is 31.7 Å². The Balaban J connectivity index is 2.40. The quantitative estimate of drug-likeness (QED) is 0.867. The average molecular weight is 348 g/mol.